The average Bonchev–Trinajstić information content (AvgIpc) is 3.23. The van der Waals surface area contributed by atoms with Crippen LogP contribution in [0.5, 0.6) is 0 Å². The van der Waals surface area contributed by atoms with Crippen LogP contribution in [0.1, 0.15) is 31.4 Å². The van der Waals surface area contributed by atoms with Crippen LogP contribution in [0.15, 0.2) is 22.7 Å². The molecule has 1 atom stereocenters. The van der Waals surface area contributed by atoms with E-state index >= 15 is 0 Å². The first-order chi connectivity index (χ1) is 9.15. The Labute approximate surface area is 123 Å². The van der Waals surface area contributed by atoms with Crippen LogP contribution in [0.2, 0.25) is 0 Å². The highest BCUT2D eigenvalue weighted by molar-refractivity contribution is 9.10. The molecule has 1 heterocycles. The van der Waals surface area contributed by atoms with E-state index in [2.05, 4.69) is 31.8 Å². The van der Waals surface area contributed by atoms with Crippen LogP contribution in [-0.2, 0) is 0 Å². The van der Waals surface area contributed by atoms with Crippen LogP contribution >= 0.6 is 15.9 Å². The number of aliphatic hydroxyl groups is 1. The molecular formula is C15H21BrN2O. The maximum Gasteiger partial charge on any atom is 0.0762 e. The van der Waals surface area contributed by atoms with Gasteiger partial charge in [0.2, 0.25) is 0 Å². The second-order valence-corrected chi connectivity index (χ2v) is 6.50. The molecule has 2 aliphatic rings. The number of piperazine rings is 1. The SMILES string of the molecule is CC(O)c1ccc(N2CCN(C3CC3)CC2)c(Br)c1. The van der Waals surface area contributed by atoms with Crippen LogP contribution in [0.25, 0.3) is 0 Å². The molecule has 1 saturated heterocycles. The highest BCUT2D eigenvalue weighted by Gasteiger charge is 2.31. The van der Waals surface area contributed by atoms with Gasteiger partial charge in [0.25, 0.3) is 0 Å². The molecule has 0 bridgehead atoms. The highest BCUT2D eigenvalue weighted by Crippen LogP contribution is 2.32. The van der Waals surface area contributed by atoms with Crippen LogP contribution < -0.4 is 4.90 Å². The Morgan fingerprint density at radius 2 is 1.89 bits per heavy atom. The Morgan fingerprint density at radius 3 is 2.42 bits per heavy atom. The summed E-state index contributed by atoms with van der Waals surface area (Å²) in [6.07, 6.45) is 2.39. The molecular weight excluding hydrogens is 304 g/mol. The van der Waals surface area contributed by atoms with Crippen LogP contribution in [0, 0.1) is 0 Å². The smallest absolute Gasteiger partial charge is 0.0762 e. The summed E-state index contributed by atoms with van der Waals surface area (Å²) in [7, 11) is 0. The van der Waals surface area contributed by atoms with E-state index in [1.807, 2.05) is 12.1 Å². The van der Waals surface area contributed by atoms with Crippen molar-refractivity contribution in [3.63, 3.8) is 0 Å². The standard InChI is InChI=1S/C15H21BrN2O/c1-11(19)12-2-5-15(14(16)10-12)18-8-6-17(7-9-18)13-3-4-13/h2,5,10-11,13,19H,3-4,6-9H2,1H3. The molecule has 2 fully saturated rings. The van der Waals surface area contributed by atoms with Crippen molar-refractivity contribution in [3.8, 4) is 0 Å². The molecule has 0 aromatic heterocycles. The van der Waals surface area contributed by atoms with Gasteiger partial charge in [-0.2, -0.15) is 0 Å². The Balaban J connectivity index is 1.69. The minimum absolute atomic E-state index is 0.405. The van der Waals surface area contributed by atoms with Crippen molar-refractivity contribution in [3.05, 3.63) is 28.2 Å². The summed E-state index contributed by atoms with van der Waals surface area (Å²) in [5.74, 6) is 0. The predicted molar refractivity (Wildman–Crippen MR) is 81.6 cm³/mol. The molecule has 19 heavy (non-hydrogen) atoms. The fourth-order valence-corrected chi connectivity index (χ4v) is 3.45. The van der Waals surface area contributed by atoms with Crippen LogP contribution in [0.4, 0.5) is 5.69 Å². The van der Waals surface area contributed by atoms with Crippen LogP contribution in [-0.4, -0.2) is 42.2 Å². The van der Waals surface area contributed by atoms with Crippen molar-refractivity contribution in [2.45, 2.75) is 31.9 Å². The zero-order chi connectivity index (χ0) is 13.4. The van der Waals surface area contributed by atoms with Gasteiger partial charge in [-0.25, -0.2) is 0 Å². The number of hydrogen-bond donors (Lipinski definition) is 1. The molecule has 0 spiro atoms. The van der Waals surface area contributed by atoms with E-state index in [1.165, 1.54) is 31.6 Å². The highest BCUT2D eigenvalue weighted by atomic mass is 79.9. The van der Waals surface area contributed by atoms with E-state index in [1.54, 1.807) is 6.92 Å². The van der Waals surface area contributed by atoms with Gasteiger partial charge in [0, 0.05) is 36.7 Å². The lowest BCUT2D eigenvalue weighted by atomic mass is 10.1. The first-order valence-electron chi connectivity index (χ1n) is 7.11. The van der Waals surface area contributed by atoms with Crippen molar-refractivity contribution in [2.75, 3.05) is 31.1 Å². The molecule has 1 unspecified atom stereocenters. The first-order valence-corrected chi connectivity index (χ1v) is 7.91. The molecule has 0 amide bonds. The lowest BCUT2D eigenvalue weighted by Gasteiger charge is -2.36. The zero-order valence-electron chi connectivity index (χ0n) is 11.3. The zero-order valence-corrected chi connectivity index (χ0v) is 12.9. The molecule has 1 N–H and O–H groups in total. The molecule has 1 aliphatic carbocycles. The van der Waals surface area contributed by atoms with Gasteiger partial charge in [-0.15, -0.1) is 0 Å². The van der Waals surface area contributed by atoms with Crippen molar-refractivity contribution in [1.29, 1.82) is 0 Å². The minimum Gasteiger partial charge on any atom is -0.389 e. The van der Waals surface area contributed by atoms with Gasteiger partial charge in [-0.05, 0) is 53.4 Å². The molecule has 3 rings (SSSR count). The summed E-state index contributed by atoms with van der Waals surface area (Å²) in [6.45, 7) is 6.35. The van der Waals surface area contributed by atoms with Crippen LogP contribution in [0.3, 0.4) is 0 Å². The Hall–Kier alpha value is -0.580. The minimum atomic E-state index is -0.405. The number of nitrogens with zero attached hydrogens (tertiary/aromatic N) is 2. The Bertz CT molecular complexity index is 451. The Morgan fingerprint density at radius 1 is 1.21 bits per heavy atom. The number of anilines is 1. The number of hydrogen-bond acceptors (Lipinski definition) is 3. The van der Waals surface area contributed by atoms with Crippen molar-refractivity contribution in [2.24, 2.45) is 0 Å². The van der Waals surface area contributed by atoms with E-state index in [0.29, 0.717) is 0 Å². The van der Waals surface area contributed by atoms with Gasteiger partial charge in [-0.1, -0.05) is 6.07 Å². The molecule has 4 heteroatoms. The fraction of sp³-hybridized carbons (Fsp3) is 0.600. The third kappa shape index (κ3) is 2.96. The molecule has 3 nitrogen and oxygen atoms in total. The van der Waals surface area contributed by atoms with Gasteiger partial charge in [-0.3, -0.25) is 4.90 Å². The fourth-order valence-electron chi connectivity index (χ4n) is 2.81. The molecule has 0 radical (unpaired) electrons. The summed E-state index contributed by atoms with van der Waals surface area (Å²) < 4.78 is 1.09. The van der Waals surface area contributed by atoms with Crippen molar-refractivity contribution < 1.29 is 5.11 Å². The summed E-state index contributed by atoms with van der Waals surface area (Å²) in [4.78, 5) is 5.06. The summed E-state index contributed by atoms with van der Waals surface area (Å²) >= 11 is 3.64. The van der Waals surface area contributed by atoms with Gasteiger partial charge in [0.1, 0.15) is 0 Å². The molecule has 1 aromatic carbocycles. The number of halogens is 1. The van der Waals surface area contributed by atoms with E-state index in [4.69, 9.17) is 0 Å². The van der Waals surface area contributed by atoms with Gasteiger partial charge < -0.3 is 10.0 Å². The van der Waals surface area contributed by atoms with Gasteiger partial charge >= 0.3 is 0 Å². The summed E-state index contributed by atoms with van der Waals surface area (Å²) in [6, 6.07) is 7.06. The monoisotopic (exact) mass is 324 g/mol. The normalized spacial score (nSPS) is 22.6. The maximum atomic E-state index is 9.61. The van der Waals surface area contributed by atoms with E-state index < -0.39 is 6.10 Å². The van der Waals surface area contributed by atoms with E-state index in [0.717, 1.165) is 29.2 Å². The topological polar surface area (TPSA) is 26.7 Å². The van der Waals surface area contributed by atoms with E-state index in [-0.39, 0.29) is 0 Å². The third-order valence-electron chi connectivity index (χ3n) is 4.17. The van der Waals surface area contributed by atoms with Gasteiger partial charge in [0.15, 0.2) is 0 Å². The lowest BCUT2D eigenvalue weighted by molar-refractivity contribution is 0.199. The third-order valence-corrected chi connectivity index (χ3v) is 4.81. The van der Waals surface area contributed by atoms with Crippen molar-refractivity contribution in [1.82, 2.24) is 4.90 Å². The number of aliphatic hydroxyl groups excluding tert-OH is 1. The lowest BCUT2D eigenvalue weighted by Crippen LogP contribution is -2.47. The predicted octanol–water partition coefficient (Wildman–Crippen LogP) is 2.79. The first kappa shape index (κ1) is 13.4. The Kier molecular flexibility index (Phi) is 3.83. The molecule has 1 aliphatic heterocycles. The molecule has 104 valence electrons. The quantitative estimate of drug-likeness (QED) is 0.926. The largest absolute Gasteiger partial charge is 0.389 e. The molecule has 1 saturated carbocycles. The van der Waals surface area contributed by atoms with E-state index in [9.17, 15) is 5.11 Å². The summed E-state index contributed by atoms with van der Waals surface area (Å²) in [5.41, 5.74) is 2.21. The van der Waals surface area contributed by atoms with Gasteiger partial charge in [0.05, 0.1) is 11.8 Å². The van der Waals surface area contributed by atoms with Crippen molar-refractivity contribution >= 4 is 21.6 Å². The second-order valence-electron chi connectivity index (χ2n) is 5.64. The summed E-state index contributed by atoms with van der Waals surface area (Å²) in [5, 5.41) is 9.61. The second kappa shape index (κ2) is 5.43. The number of rotatable bonds is 3. The maximum absolute atomic E-state index is 9.61. The molecule has 1 aromatic rings. The number of benzene rings is 1. The average molecular weight is 325 g/mol.